The molecule has 88 valence electrons. The fraction of sp³-hybridized carbons (Fsp3) is 0.267. The third-order valence-electron chi connectivity index (χ3n) is 2.94. The smallest absolute Gasteiger partial charge is 0.194 e. The van der Waals surface area contributed by atoms with Crippen LogP contribution in [-0.4, -0.2) is 10.8 Å². The zero-order valence-electron chi connectivity index (χ0n) is 10.4. The molecular weight excluding hydrogens is 210 g/mol. The average Bonchev–Trinajstić information content (AvgIpc) is 2.72. The number of carbonyl (C=O) groups is 1. The van der Waals surface area contributed by atoms with Gasteiger partial charge in [0.15, 0.2) is 5.78 Å². The third kappa shape index (κ3) is 2.31. The largest absolute Gasteiger partial charge is 0.362 e. The highest BCUT2D eigenvalue weighted by molar-refractivity contribution is 6.09. The number of hydrogen-bond acceptors (Lipinski definition) is 1. The number of rotatable bonds is 3. The van der Waals surface area contributed by atoms with Crippen molar-refractivity contribution in [3.8, 4) is 0 Å². The quantitative estimate of drug-likeness (QED) is 0.797. The number of benzene rings is 1. The van der Waals surface area contributed by atoms with E-state index in [1.165, 1.54) is 0 Å². The van der Waals surface area contributed by atoms with Crippen LogP contribution in [0.15, 0.2) is 36.4 Å². The van der Waals surface area contributed by atoms with E-state index in [-0.39, 0.29) is 5.78 Å². The Morgan fingerprint density at radius 1 is 1.18 bits per heavy atom. The van der Waals surface area contributed by atoms with Crippen molar-refractivity contribution in [1.82, 2.24) is 4.98 Å². The molecule has 1 heterocycles. The van der Waals surface area contributed by atoms with Crippen molar-refractivity contribution in [2.24, 2.45) is 0 Å². The molecule has 0 saturated heterocycles. The van der Waals surface area contributed by atoms with Gasteiger partial charge >= 0.3 is 0 Å². The normalized spacial score (nSPS) is 10.8. The number of H-pyrrole nitrogens is 1. The van der Waals surface area contributed by atoms with E-state index in [0.29, 0.717) is 5.92 Å². The summed E-state index contributed by atoms with van der Waals surface area (Å²) in [5.41, 5.74) is 3.58. The van der Waals surface area contributed by atoms with E-state index in [4.69, 9.17) is 0 Å². The summed E-state index contributed by atoms with van der Waals surface area (Å²) >= 11 is 0. The van der Waals surface area contributed by atoms with Crippen LogP contribution in [0.5, 0.6) is 0 Å². The van der Waals surface area contributed by atoms with Crippen molar-refractivity contribution < 1.29 is 4.79 Å². The van der Waals surface area contributed by atoms with Gasteiger partial charge in [-0.25, -0.2) is 0 Å². The Balaban J connectivity index is 2.38. The molecule has 17 heavy (non-hydrogen) atoms. The van der Waals surface area contributed by atoms with Crippen molar-refractivity contribution in [2.75, 3.05) is 0 Å². The number of aryl methyl sites for hydroxylation is 1. The van der Waals surface area contributed by atoms with Crippen LogP contribution >= 0.6 is 0 Å². The first-order chi connectivity index (χ1) is 8.09. The van der Waals surface area contributed by atoms with Gasteiger partial charge in [-0.15, -0.1) is 0 Å². The first-order valence-corrected chi connectivity index (χ1v) is 5.89. The molecule has 0 aliphatic carbocycles. The number of nitrogens with one attached hydrogen (secondary N) is 1. The van der Waals surface area contributed by atoms with Gasteiger partial charge < -0.3 is 4.98 Å². The maximum absolute atomic E-state index is 12.3. The molecular formula is C15H17NO. The van der Waals surface area contributed by atoms with Gasteiger partial charge in [-0.05, 0) is 18.9 Å². The molecule has 1 aromatic carbocycles. The summed E-state index contributed by atoms with van der Waals surface area (Å²) in [6, 6.07) is 11.4. The minimum Gasteiger partial charge on any atom is -0.362 e. The second-order valence-corrected chi connectivity index (χ2v) is 4.61. The van der Waals surface area contributed by atoms with E-state index in [1.807, 2.05) is 43.3 Å². The molecule has 0 aliphatic rings. The Bertz CT molecular complexity index is 523. The summed E-state index contributed by atoms with van der Waals surface area (Å²) in [4.78, 5) is 15.6. The fourth-order valence-corrected chi connectivity index (χ4v) is 1.88. The number of hydrogen-bond donors (Lipinski definition) is 1. The Morgan fingerprint density at radius 3 is 2.35 bits per heavy atom. The van der Waals surface area contributed by atoms with E-state index < -0.39 is 0 Å². The van der Waals surface area contributed by atoms with Crippen molar-refractivity contribution in [1.29, 1.82) is 0 Å². The molecule has 0 unspecified atom stereocenters. The highest BCUT2D eigenvalue weighted by Gasteiger charge is 2.15. The lowest BCUT2D eigenvalue weighted by Crippen LogP contribution is -2.01. The molecule has 0 bridgehead atoms. The van der Waals surface area contributed by atoms with Gasteiger partial charge in [-0.2, -0.15) is 0 Å². The van der Waals surface area contributed by atoms with Gasteiger partial charge in [-0.3, -0.25) is 4.79 Å². The molecule has 2 heteroatoms. The van der Waals surface area contributed by atoms with Gasteiger partial charge in [0.2, 0.25) is 0 Å². The molecule has 0 atom stereocenters. The molecule has 2 aromatic rings. The van der Waals surface area contributed by atoms with Crippen molar-refractivity contribution in [2.45, 2.75) is 26.7 Å². The lowest BCUT2D eigenvalue weighted by molar-refractivity contribution is 0.103. The summed E-state index contributed by atoms with van der Waals surface area (Å²) in [6.45, 7) is 6.17. The topological polar surface area (TPSA) is 32.9 Å². The van der Waals surface area contributed by atoms with E-state index in [9.17, 15) is 4.79 Å². The first-order valence-electron chi connectivity index (χ1n) is 5.89. The van der Waals surface area contributed by atoms with Crippen molar-refractivity contribution in [3.63, 3.8) is 0 Å². The summed E-state index contributed by atoms with van der Waals surface area (Å²) in [5, 5.41) is 0. The van der Waals surface area contributed by atoms with Crippen LogP contribution in [0.3, 0.4) is 0 Å². The highest BCUT2D eigenvalue weighted by atomic mass is 16.1. The average molecular weight is 227 g/mol. The van der Waals surface area contributed by atoms with Gasteiger partial charge in [-0.1, -0.05) is 44.2 Å². The van der Waals surface area contributed by atoms with E-state index in [0.717, 1.165) is 22.5 Å². The number of ketones is 1. The summed E-state index contributed by atoms with van der Waals surface area (Å²) in [7, 11) is 0. The second kappa shape index (κ2) is 4.58. The van der Waals surface area contributed by atoms with Gasteiger partial charge in [0.05, 0.1) is 0 Å². The lowest BCUT2D eigenvalue weighted by Gasteiger charge is -1.99. The van der Waals surface area contributed by atoms with E-state index >= 15 is 0 Å². The second-order valence-electron chi connectivity index (χ2n) is 4.61. The van der Waals surface area contributed by atoms with Crippen LogP contribution in [0.2, 0.25) is 0 Å². The minimum atomic E-state index is 0.0891. The maximum Gasteiger partial charge on any atom is 0.194 e. The van der Waals surface area contributed by atoms with Crippen LogP contribution in [0.25, 0.3) is 0 Å². The Kier molecular flexibility index (Phi) is 3.14. The number of aromatic amines is 1. The fourth-order valence-electron chi connectivity index (χ4n) is 1.88. The van der Waals surface area contributed by atoms with E-state index in [1.54, 1.807) is 0 Å². The SMILES string of the molecule is Cc1[nH]c(C(C)C)cc1C(=O)c1ccccc1. The van der Waals surface area contributed by atoms with Crippen LogP contribution in [0, 0.1) is 6.92 Å². The molecule has 0 spiro atoms. The van der Waals surface area contributed by atoms with Crippen molar-refractivity contribution in [3.05, 3.63) is 58.9 Å². The molecule has 0 radical (unpaired) electrons. The van der Waals surface area contributed by atoms with Crippen molar-refractivity contribution >= 4 is 5.78 Å². The van der Waals surface area contributed by atoms with Crippen LogP contribution in [-0.2, 0) is 0 Å². The predicted molar refractivity (Wildman–Crippen MR) is 69.5 cm³/mol. The number of carbonyl (C=O) groups excluding carboxylic acids is 1. The zero-order chi connectivity index (χ0) is 12.4. The summed E-state index contributed by atoms with van der Waals surface area (Å²) in [6.07, 6.45) is 0. The first kappa shape index (κ1) is 11.6. The monoisotopic (exact) mass is 227 g/mol. The van der Waals surface area contributed by atoms with Crippen LogP contribution in [0.1, 0.15) is 47.1 Å². The molecule has 0 amide bonds. The molecule has 1 aromatic heterocycles. The maximum atomic E-state index is 12.3. The highest BCUT2D eigenvalue weighted by Crippen LogP contribution is 2.20. The summed E-state index contributed by atoms with van der Waals surface area (Å²) in [5.74, 6) is 0.497. The van der Waals surface area contributed by atoms with Gasteiger partial charge in [0, 0.05) is 22.5 Å². The number of aromatic nitrogens is 1. The van der Waals surface area contributed by atoms with Gasteiger partial charge in [0.1, 0.15) is 0 Å². The Labute approximate surface area is 102 Å². The Morgan fingerprint density at radius 2 is 1.82 bits per heavy atom. The standard InChI is InChI=1S/C15H17NO/c1-10(2)14-9-13(11(3)16-14)15(17)12-7-5-4-6-8-12/h4-10,16H,1-3H3. The molecule has 0 aliphatic heterocycles. The molecule has 0 saturated carbocycles. The molecule has 2 nitrogen and oxygen atoms in total. The van der Waals surface area contributed by atoms with Gasteiger partial charge in [0.25, 0.3) is 0 Å². The van der Waals surface area contributed by atoms with E-state index in [2.05, 4.69) is 18.8 Å². The van der Waals surface area contributed by atoms with Crippen LogP contribution < -0.4 is 0 Å². The third-order valence-corrected chi connectivity index (χ3v) is 2.94. The lowest BCUT2D eigenvalue weighted by atomic mass is 10.0. The predicted octanol–water partition coefficient (Wildman–Crippen LogP) is 3.68. The zero-order valence-corrected chi connectivity index (χ0v) is 10.4. The molecule has 0 fully saturated rings. The summed E-state index contributed by atoms with van der Waals surface area (Å²) < 4.78 is 0. The minimum absolute atomic E-state index is 0.0891. The molecule has 2 rings (SSSR count). The Hall–Kier alpha value is -1.83. The molecule has 1 N–H and O–H groups in total. The van der Waals surface area contributed by atoms with Crippen LogP contribution in [0.4, 0.5) is 0 Å².